The van der Waals surface area contributed by atoms with Gasteiger partial charge in [0.25, 0.3) is 0 Å². The minimum atomic E-state index is -0.710. The molecule has 2 aromatic carbocycles. The molecule has 6 rings (SSSR count). The van der Waals surface area contributed by atoms with Crippen molar-refractivity contribution in [1.29, 1.82) is 0 Å². The van der Waals surface area contributed by atoms with E-state index in [2.05, 4.69) is 5.32 Å². The Kier molecular flexibility index (Phi) is 5.91. The summed E-state index contributed by atoms with van der Waals surface area (Å²) >= 11 is 0. The van der Waals surface area contributed by atoms with Gasteiger partial charge in [-0.2, -0.15) is 0 Å². The molecule has 2 atom stereocenters. The minimum Gasteiger partial charge on any atom is -0.492 e. The van der Waals surface area contributed by atoms with E-state index in [0.29, 0.717) is 35.5 Å². The zero-order chi connectivity index (χ0) is 24.8. The van der Waals surface area contributed by atoms with E-state index < -0.39 is 17.2 Å². The fourth-order valence-electron chi connectivity index (χ4n) is 5.75. The Bertz CT molecular complexity index is 1350. The summed E-state index contributed by atoms with van der Waals surface area (Å²) in [6, 6.07) is 11.0. The highest BCUT2D eigenvalue weighted by atomic mass is 19.1. The van der Waals surface area contributed by atoms with Gasteiger partial charge in [-0.05, 0) is 49.8 Å². The van der Waals surface area contributed by atoms with Gasteiger partial charge in [-0.3, -0.25) is 4.79 Å². The van der Waals surface area contributed by atoms with Gasteiger partial charge in [0.2, 0.25) is 5.43 Å². The van der Waals surface area contributed by atoms with Gasteiger partial charge in [-0.1, -0.05) is 30.3 Å². The van der Waals surface area contributed by atoms with Crippen LogP contribution in [0.1, 0.15) is 47.6 Å². The number of pyridine rings is 1. The molecule has 0 radical (unpaired) electrons. The number of methoxy groups -OCH3 is 1. The number of carbonyl (C=O) groups excluding carboxylic acids is 1. The van der Waals surface area contributed by atoms with Crippen LogP contribution in [-0.4, -0.2) is 43.3 Å². The van der Waals surface area contributed by atoms with E-state index in [1.807, 2.05) is 39.8 Å². The lowest BCUT2D eigenvalue weighted by Gasteiger charge is -2.25. The number of nitrogens with one attached hydrogen (secondary N) is 1. The van der Waals surface area contributed by atoms with Crippen LogP contribution < -0.4 is 20.4 Å². The van der Waals surface area contributed by atoms with Crippen LogP contribution >= 0.6 is 0 Å². The highest BCUT2D eigenvalue weighted by Crippen LogP contribution is 2.45. The predicted molar refractivity (Wildman–Crippen MR) is 135 cm³/mol. The molecule has 0 bridgehead atoms. The number of aromatic nitrogens is 1. The molecule has 3 heterocycles. The van der Waals surface area contributed by atoms with Crippen LogP contribution in [0, 0.1) is 11.7 Å². The second kappa shape index (κ2) is 9.24. The largest absolute Gasteiger partial charge is 0.492 e. The van der Waals surface area contributed by atoms with Crippen LogP contribution in [-0.2, 0) is 11.3 Å². The lowest BCUT2D eigenvalue weighted by atomic mass is 9.94. The summed E-state index contributed by atoms with van der Waals surface area (Å²) in [5.41, 5.74) is 1.14. The van der Waals surface area contributed by atoms with Crippen molar-refractivity contribution in [2.45, 2.75) is 44.4 Å². The molecule has 1 aliphatic carbocycles. The number of hydrogen-bond donors (Lipinski definition) is 1. The Labute approximate surface area is 208 Å². The molecule has 188 valence electrons. The number of benzene rings is 2. The highest BCUT2D eigenvalue weighted by molar-refractivity contribution is 5.97. The van der Waals surface area contributed by atoms with Gasteiger partial charge in [0.15, 0.2) is 11.6 Å². The van der Waals surface area contributed by atoms with Crippen molar-refractivity contribution in [2.24, 2.45) is 5.92 Å². The average Bonchev–Trinajstić information content (AvgIpc) is 3.65. The molecule has 36 heavy (non-hydrogen) atoms. The van der Waals surface area contributed by atoms with E-state index in [0.717, 1.165) is 44.3 Å². The van der Waals surface area contributed by atoms with Crippen molar-refractivity contribution >= 4 is 22.6 Å². The standard InChI is InChI=1S/C28H30FN3O4/c1-35-27-24-20(12-22(29)25(27)31-13-18-8-5-11-30-23(18)15-31)26(33)21(14-32(24)19-9-10-19)28(34)36-16-17-6-3-2-4-7-17/h2-4,6-7,12,14,18-19,23,30H,5,8-11,13,15-16H2,1H3/t18-,23+/m0/s1. The molecule has 0 amide bonds. The molecule has 8 heteroatoms. The number of ether oxygens (including phenoxy) is 2. The van der Waals surface area contributed by atoms with Crippen LogP contribution in [0.3, 0.4) is 0 Å². The van der Waals surface area contributed by atoms with E-state index in [-0.39, 0.29) is 23.6 Å². The molecule has 3 aliphatic rings. The van der Waals surface area contributed by atoms with E-state index in [9.17, 15) is 9.59 Å². The Morgan fingerprint density at radius 1 is 1.17 bits per heavy atom. The van der Waals surface area contributed by atoms with E-state index in [1.165, 1.54) is 13.2 Å². The first-order chi connectivity index (χ1) is 17.5. The van der Waals surface area contributed by atoms with Crippen LogP contribution in [0.5, 0.6) is 5.75 Å². The molecule has 7 nitrogen and oxygen atoms in total. The number of esters is 1. The smallest absolute Gasteiger partial charge is 0.343 e. The van der Waals surface area contributed by atoms with Gasteiger partial charge < -0.3 is 24.3 Å². The zero-order valence-corrected chi connectivity index (χ0v) is 20.3. The van der Waals surface area contributed by atoms with Gasteiger partial charge >= 0.3 is 5.97 Å². The molecular formula is C28H30FN3O4. The molecule has 1 aromatic heterocycles. The lowest BCUT2D eigenvalue weighted by molar-refractivity contribution is 0.0470. The summed E-state index contributed by atoms with van der Waals surface area (Å²) in [6.45, 7) is 2.48. The van der Waals surface area contributed by atoms with E-state index in [4.69, 9.17) is 9.47 Å². The van der Waals surface area contributed by atoms with E-state index in [1.54, 1.807) is 6.20 Å². The number of nitrogens with zero attached hydrogens (tertiary/aromatic N) is 2. The van der Waals surface area contributed by atoms with E-state index >= 15 is 4.39 Å². The summed E-state index contributed by atoms with van der Waals surface area (Å²) in [7, 11) is 1.52. The maximum atomic E-state index is 15.7. The van der Waals surface area contributed by atoms with Crippen LogP contribution in [0.2, 0.25) is 0 Å². The molecule has 3 fully saturated rings. The quantitative estimate of drug-likeness (QED) is 0.525. The fraction of sp³-hybridized carbons (Fsp3) is 0.429. The third-order valence-electron chi connectivity index (χ3n) is 7.69. The molecule has 0 spiro atoms. The summed E-state index contributed by atoms with van der Waals surface area (Å²) in [6.07, 6.45) is 5.66. The maximum Gasteiger partial charge on any atom is 0.343 e. The number of anilines is 1. The van der Waals surface area contributed by atoms with Crippen molar-refractivity contribution in [3.63, 3.8) is 0 Å². The van der Waals surface area contributed by atoms with Gasteiger partial charge in [0.05, 0.1) is 18.0 Å². The number of carbonyl (C=O) groups is 1. The van der Waals surface area contributed by atoms with Gasteiger partial charge in [-0.25, -0.2) is 9.18 Å². The van der Waals surface area contributed by atoms with Gasteiger partial charge in [-0.15, -0.1) is 0 Å². The normalized spacial score (nSPS) is 21.4. The topological polar surface area (TPSA) is 72.8 Å². The summed E-state index contributed by atoms with van der Waals surface area (Å²) in [5.74, 6) is -0.395. The Hall–Kier alpha value is -3.39. The average molecular weight is 492 g/mol. The first-order valence-corrected chi connectivity index (χ1v) is 12.7. The lowest BCUT2D eigenvalue weighted by Crippen LogP contribution is -2.40. The maximum absolute atomic E-state index is 15.7. The molecule has 2 aliphatic heterocycles. The number of halogens is 1. The van der Waals surface area contributed by atoms with Crippen molar-refractivity contribution in [1.82, 2.24) is 9.88 Å². The first kappa shape index (κ1) is 23.0. The molecule has 2 saturated heterocycles. The van der Waals surface area contributed by atoms with Gasteiger partial charge in [0, 0.05) is 31.4 Å². The van der Waals surface area contributed by atoms with Crippen molar-refractivity contribution in [3.8, 4) is 5.75 Å². The second-order valence-electron chi connectivity index (χ2n) is 10.1. The monoisotopic (exact) mass is 491 g/mol. The molecule has 3 aromatic rings. The fourth-order valence-corrected chi connectivity index (χ4v) is 5.75. The number of piperidine rings is 1. The highest BCUT2D eigenvalue weighted by Gasteiger charge is 2.38. The minimum absolute atomic E-state index is 0.0581. The Morgan fingerprint density at radius 2 is 1.97 bits per heavy atom. The van der Waals surface area contributed by atoms with Crippen molar-refractivity contribution in [3.05, 3.63) is 69.8 Å². The zero-order valence-electron chi connectivity index (χ0n) is 20.3. The third-order valence-corrected chi connectivity index (χ3v) is 7.69. The van der Waals surface area contributed by atoms with Crippen LogP contribution in [0.25, 0.3) is 10.9 Å². The SMILES string of the molecule is COc1c(N2C[C@@H]3CCCN[C@@H]3C2)c(F)cc2c(=O)c(C(=O)OCc3ccccc3)cn(C3CC3)c12. The summed E-state index contributed by atoms with van der Waals surface area (Å²) in [4.78, 5) is 28.5. The van der Waals surface area contributed by atoms with Gasteiger partial charge in [0.1, 0.15) is 17.9 Å². The van der Waals surface area contributed by atoms with Crippen LogP contribution in [0.15, 0.2) is 47.4 Å². The third kappa shape index (κ3) is 4.03. The predicted octanol–water partition coefficient (Wildman–Crippen LogP) is 4.03. The number of rotatable bonds is 6. The summed E-state index contributed by atoms with van der Waals surface area (Å²) in [5, 5.41) is 3.70. The molecule has 1 N–H and O–H groups in total. The van der Waals surface area contributed by atoms with Crippen molar-refractivity contribution < 1.29 is 18.7 Å². The number of hydrogen-bond acceptors (Lipinski definition) is 6. The first-order valence-electron chi connectivity index (χ1n) is 12.7. The van der Waals surface area contributed by atoms with Crippen LogP contribution in [0.4, 0.5) is 10.1 Å². The Balaban J connectivity index is 1.42. The second-order valence-corrected chi connectivity index (χ2v) is 10.1. The molecule has 1 saturated carbocycles. The Morgan fingerprint density at radius 3 is 2.69 bits per heavy atom. The van der Waals surface area contributed by atoms with Crippen molar-refractivity contribution in [2.75, 3.05) is 31.6 Å². The molecule has 0 unspecified atom stereocenters. The summed E-state index contributed by atoms with van der Waals surface area (Å²) < 4.78 is 28.9. The number of fused-ring (bicyclic) bond motifs is 2. The molecular weight excluding hydrogens is 461 g/mol.